The van der Waals surface area contributed by atoms with E-state index < -0.39 is 17.7 Å². The molecule has 7 heteroatoms. The summed E-state index contributed by atoms with van der Waals surface area (Å²) in [4.78, 5) is 29.0. The molecule has 4 rings (SSSR count). The third-order valence-electron chi connectivity index (χ3n) is 6.87. The highest BCUT2D eigenvalue weighted by Gasteiger charge is 2.24. The zero-order valence-corrected chi connectivity index (χ0v) is 18.9. The number of carboxylic acid groups (broad SMARTS) is 1. The van der Waals surface area contributed by atoms with Crippen molar-refractivity contribution in [3.63, 3.8) is 0 Å². The first-order chi connectivity index (χ1) is 16.0. The Labute approximate surface area is 194 Å². The Morgan fingerprint density at radius 2 is 1.73 bits per heavy atom. The highest BCUT2D eigenvalue weighted by Crippen LogP contribution is 2.32. The minimum atomic E-state index is -1.07. The lowest BCUT2D eigenvalue weighted by molar-refractivity contribution is 0.0696. The fraction of sp³-hybridized carbons (Fsp3) is 0.462. The summed E-state index contributed by atoms with van der Waals surface area (Å²) in [7, 11) is 0. The summed E-state index contributed by atoms with van der Waals surface area (Å²) < 4.78 is 14.1. The average Bonchev–Trinajstić information content (AvgIpc) is 2.84. The molecule has 0 aliphatic carbocycles. The van der Waals surface area contributed by atoms with Gasteiger partial charge < -0.3 is 20.2 Å². The molecule has 0 atom stereocenters. The Balaban J connectivity index is 1.43. The summed E-state index contributed by atoms with van der Waals surface area (Å²) in [6.45, 7) is 5.31. The summed E-state index contributed by atoms with van der Waals surface area (Å²) in [5, 5.41) is 12.2. The first kappa shape index (κ1) is 23.2. The number of carboxylic acids is 1. The van der Waals surface area contributed by atoms with Crippen LogP contribution in [0.15, 0.2) is 42.5 Å². The first-order valence-electron chi connectivity index (χ1n) is 11.9. The highest BCUT2D eigenvalue weighted by atomic mass is 19.1. The molecule has 2 N–H and O–H groups in total. The summed E-state index contributed by atoms with van der Waals surface area (Å²) in [5.41, 5.74) is 1.19. The van der Waals surface area contributed by atoms with Gasteiger partial charge in [-0.25, -0.2) is 9.18 Å². The molecule has 2 aromatic carbocycles. The Kier molecular flexibility index (Phi) is 7.60. The number of carbonyl (C=O) groups is 2. The summed E-state index contributed by atoms with van der Waals surface area (Å²) >= 11 is 0. The molecule has 0 aromatic heterocycles. The van der Waals surface area contributed by atoms with Crippen molar-refractivity contribution in [1.82, 2.24) is 4.90 Å². The van der Waals surface area contributed by atoms with E-state index in [1.54, 1.807) is 18.2 Å². The van der Waals surface area contributed by atoms with E-state index in [0.717, 1.165) is 31.6 Å². The minimum Gasteiger partial charge on any atom is -0.478 e. The fourth-order valence-corrected chi connectivity index (χ4v) is 4.89. The normalized spacial score (nSPS) is 17.7. The van der Waals surface area contributed by atoms with Crippen LogP contribution >= 0.6 is 0 Å². The van der Waals surface area contributed by atoms with Crippen LogP contribution in [0.5, 0.6) is 0 Å². The lowest BCUT2D eigenvalue weighted by Crippen LogP contribution is -2.36. The molecule has 0 radical (unpaired) electrons. The quantitative estimate of drug-likeness (QED) is 0.626. The molecule has 0 saturated carbocycles. The molecule has 2 heterocycles. The molecule has 0 spiro atoms. The van der Waals surface area contributed by atoms with Gasteiger partial charge in [-0.15, -0.1) is 0 Å². The van der Waals surface area contributed by atoms with E-state index in [2.05, 4.69) is 15.1 Å². The van der Waals surface area contributed by atoms with E-state index in [0.29, 0.717) is 11.6 Å². The molecule has 2 aliphatic heterocycles. The van der Waals surface area contributed by atoms with E-state index in [1.165, 1.54) is 69.6 Å². The second-order valence-electron chi connectivity index (χ2n) is 9.09. The minimum absolute atomic E-state index is 0.0689. The Bertz CT molecular complexity index is 982. The predicted octanol–water partition coefficient (Wildman–Crippen LogP) is 4.87. The molecular weight excluding hydrogens is 421 g/mol. The largest absolute Gasteiger partial charge is 0.478 e. The molecule has 2 fully saturated rings. The van der Waals surface area contributed by atoms with Gasteiger partial charge >= 0.3 is 5.97 Å². The number of amides is 1. The number of halogens is 1. The number of carbonyl (C=O) groups excluding carboxylic acids is 1. The molecule has 2 aromatic rings. The van der Waals surface area contributed by atoms with Crippen molar-refractivity contribution < 1.29 is 19.1 Å². The maximum atomic E-state index is 14.1. The SMILES string of the molecule is O=C(O)c1ccc(N2CCC(CCN3CCCCC3)CC2)c(NC(=O)c2ccccc2F)c1. The first-order valence-corrected chi connectivity index (χ1v) is 11.9. The second kappa shape index (κ2) is 10.8. The molecule has 1 amide bonds. The van der Waals surface area contributed by atoms with Crippen LogP contribution in [0.3, 0.4) is 0 Å². The third-order valence-corrected chi connectivity index (χ3v) is 6.87. The number of hydrogen-bond donors (Lipinski definition) is 2. The van der Waals surface area contributed by atoms with Crippen molar-refractivity contribution in [2.75, 3.05) is 42.9 Å². The van der Waals surface area contributed by atoms with E-state index in [1.807, 2.05) is 0 Å². The van der Waals surface area contributed by atoms with E-state index in [4.69, 9.17) is 0 Å². The van der Waals surface area contributed by atoms with Crippen LogP contribution in [0.25, 0.3) is 0 Å². The molecule has 0 unspecified atom stereocenters. The Hall–Kier alpha value is -2.93. The van der Waals surface area contributed by atoms with Crippen LogP contribution in [0.1, 0.15) is 59.2 Å². The van der Waals surface area contributed by atoms with Gasteiger partial charge in [0.2, 0.25) is 0 Å². The summed E-state index contributed by atoms with van der Waals surface area (Å²) in [6.07, 6.45) is 7.32. The number of likely N-dealkylation sites (tertiary alicyclic amines) is 1. The smallest absolute Gasteiger partial charge is 0.335 e. The Morgan fingerprint density at radius 1 is 1.00 bits per heavy atom. The van der Waals surface area contributed by atoms with E-state index in [-0.39, 0.29) is 11.1 Å². The van der Waals surface area contributed by atoms with Gasteiger partial charge in [-0.05, 0) is 88.0 Å². The maximum absolute atomic E-state index is 14.1. The molecule has 33 heavy (non-hydrogen) atoms. The van der Waals surface area contributed by atoms with Crippen molar-refractivity contribution in [2.45, 2.75) is 38.5 Å². The topological polar surface area (TPSA) is 72.9 Å². The number of hydrogen-bond acceptors (Lipinski definition) is 4. The number of nitrogens with zero attached hydrogens (tertiary/aromatic N) is 2. The van der Waals surface area contributed by atoms with Gasteiger partial charge in [0.05, 0.1) is 22.5 Å². The van der Waals surface area contributed by atoms with Crippen molar-refractivity contribution >= 4 is 23.3 Å². The summed E-state index contributed by atoms with van der Waals surface area (Å²) in [5.74, 6) is -1.59. The van der Waals surface area contributed by atoms with Gasteiger partial charge in [0, 0.05) is 13.1 Å². The number of aromatic carboxylic acids is 1. The lowest BCUT2D eigenvalue weighted by atomic mass is 9.92. The molecule has 176 valence electrons. The number of piperidine rings is 2. The van der Waals surface area contributed by atoms with Gasteiger partial charge in [-0.3, -0.25) is 4.79 Å². The Morgan fingerprint density at radius 3 is 2.42 bits per heavy atom. The predicted molar refractivity (Wildman–Crippen MR) is 128 cm³/mol. The molecule has 0 bridgehead atoms. The highest BCUT2D eigenvalue weighted by molar-refractivity contribution is 6.07. The van der Waals surface area contributed by atoms with Crippen LogP contribution in [-0.4, -0.2) is 54.6 Å². The number of benzene rings is 2. The van der Waals surface area contributed by atoms with Crippen LogP contribution in [-0.2, 0) is 0 Å². The zero-order valence-electron chi connectivity index (χ0n) is 18.9. The van der Waals surface area contributed by atoms with Gasteiger partial charge in [-0.2, -0.15) is 0 Å². The molecule has 2 aliphatic rings. The number of rotatable bonds is 7. The third kappa shape index (κ3) is 5.90. The second-order valence-corrected chi connectivity index (χ2v) is 9.09. The number of anilines is 2. The van der Waals surface area contributed by atoms with Crippen molar-refractivity contribution in [3.05, 3.63) is 59.4 Å². The molecular formula is C26H32FN3O3. The van der Waals surface area contributed by atoms with Crippen LogP contribution in [0, 0.1) is 11.7 Å². The van der Waals surface area contributed by atoms with Gasteiger partial charge in [0.1, 0.15) is 5.82 Å². The standard InChI is InChI=1S/C26H32FN3O3/c27-22-7-3-2-6-21(22)25(31)28-23-18-20(26(32)33)8-9-24(23)30-16-11-19(12-17-30)10-15-29-13-4-1-5-14-29/h2-3,6-9,18-19H,1,4-5,10-17H2,(H,28,31)(H,32,33). The van der Waals surface area contributed by atoms with Gasteiger partial charge in [-0.1, -0.05) is 18.6 Å². The van der Waals surface area contributed by atoms with Crippen LogP contribution < -0.4 is 10.2 Å². The van der Waals surface area contributed by atoms with Crippen molar-refractivity contribution in [3.8, 4) is 0 Å². The van der Waals surface area contributed by atoms with Crippen LogP contribution in [0.4, 0.5) is 15.8 Å². The van der Waals surface area contributed by atoms with Crippen LogP contribution in [0.2, 0.25) is 0 Å². The summed E-state index contributed by atoms with van der Waals surface area (Å²) in [6, 6.07) is 10.5. The van der Waals surface area contributed by atoms with Crippen molar-refractivity contribution in [1.29, 1.82) is 0 Å². The van der Waals surface area contributed by atoms with E-state index in [9.17, 15) is 19.1 Å². The zero-order chi connectivity index (χ0) is 23.2. The van der Waals surface area contributed by atoms with E-state index >= 15 is 0 Å². The lowest BCUT2D eigenvalue weighted by Gasteiger charge is -2.36. The number of nitrogens with one attached hydrogen (secondary N) is 1. The monoisotopic (exact) mass is 453 g/mol. The van der Waals surface area contributed by atoms with Gasteiger partial charge in [0.15, 0.2) is 0 Å². The average molecular weight is 454 g/mol. The maximum Gasteiger partial charge on any atom is 0.335 e. The molecule has 6 nitrogen and oxygen atoms in total. The van der Waals surface area contributed by atoms with Crippen molar-refractivity contribution in [2.24, 2.45) is 5.92 Å². The van der Waals surface area contributed by atoms with Gasteiger partial charge in [0.25, 0.3) is 5.91 Å². The fourth-order valence-electron chi connectivity index (χ4n) is 4.89. The molecule has 2 saturated heterocycles.